The highest BCUT2D eigenvalue weighted by Crippen LogP contribution is 2.42. The number of benzene rings is 2. The van der Waals surface area contributed by atoms with E-state index in [4.69, 9.17) is 4.84 Å². The number of non-ortho nitro benzene ring substituents is 1. The molecule has 0 saturated carbocycles. The fraction of sp³-hybridized carbons (Fsp3) is 0.273. The predicted octanol–water partition coefficient (Wildman–Crippen LogP) is 4.80. The summed E-state index contributed by atoms with van der Waals surface area (Å²) in [5.74, 6) is -0.352. The van der Waals surface area contributed by atoms with E-state index in [1.807, 2.05) is 44.3 Å². The first kappa shape index (κ1) is 20.3. The highest BCUT2D eigenvalue weighted by Gasteiger charge is 2.38. The van der Waals surface area contributed by atoms with Crippen LogP contribution in [0.3, 0.4) is 0 Å². The summed E-state index contributed by atoms with van der Waals surface area (Å²) in [5, 5.41) is 13.5. The second kappa shape index (κ2) is 8.26. The standard InChI is InChI=1S/C13H16N2O4.C9H7N/c1-4-12(16)19-14-8-13(2,3)10-6-5-9(15(17)18)7-11(10)14;1-2-6-9-8(4-1)5-3-7-10-9/h5-7H,4,8H2,1-3H3;1-7H. The van der Waals surface area contributed by atoms with Gasteiger partial charge in [0.05, 0.1) is 22.7 Å². The molecule has 1 aliphatic rings. The quantitative estimate of drug-likeness (QED) is 0.469. The summed E-state index contributed by atoms with van der Waals surface area (Å²) in [4.78, 5) is 31.2. The van der Waals surface area contributed by atoms with E-state index >= 15 is 0 Å². The van der Waals surface area contributed by atoms with E-state index in [1.165, 1.54) is 22.6 Å². The van der Waals surface area contributed by atoms with Crippen LogP contribution >= 0.6 is 0 Å². The van der Waals surface area contributed by atoms with Crippen LogP contribution in [0.5, 0.6) is 0 Å². The minimum atomic E-state index is -0.453. The average Bonchev–Trinajstić information content (AvgIpc) is 2.97. The lowest BCUT2D eigenvalue weighted by molar-refractivity contribution is -0.384. The summed E-state index contributed by atoms with van der Waals surface area (Å²) in [6, 6.07) is 16.7. The Kier molecular flexibility index (Phi) is 5.77. The van der Waals surface area contributed by atoms with E-state index in [-0.39, 0.29) is 23.5 Å². The number of nitro benzene ring substituents is 1. The maximum Gasteiger partial charge on any atom is 0.332 e. The van der Waals surface area contributed by atoms with Gasteiger partial charge in [0.1, 0.15) is 0 Å². The topological polar surface area (TPSA) is 85.6 Å². The van der Waals surface area contributed by atoms with Crippen molar-refractivity contribution in [2.75, 3.05) is 11.6 Å². The molecule has 0 atom stereocenters. The van der Waals surface area contributed by atoms with Crippen LogP contribution in [-0.4, -0.2) is 22.4 Å². The number of fused-ring (bicyclic) bond motifs is 2. The number of pyridine rings is 1. The second-order valence-electron chi connectivity index (χ2n) is 7.39. The number of hydrogen-bond donors (Lipinski definition) is 0. The van der Waals surface area contributed by atoms with Crippen LogP contribution in [0.4, 0.5) is 11.4 Å². The lowest BCUT2D eigenvalue weighted by atomic mass is 9.87. The van der Waals surface area contributed by atoms with Gasteiger partial charge in [-0.1, -0.05) is 45.0 Å². The monoisotopic (exact) mass is 393 g/mol. The number of hydrogen-bond acceptors (Lipinski definition) is 6. The zero-order valence-electron chi connectivity index (χ0n) is 16.7. The smallest absolute Gasteiger partial charge is 0.332 e. The van der Waals surface area contributed by atoms with Gasteiger partial charge in [-0.25, -0.2) is 9.86 Å². The summed E-state index contributed by atoms with van der Waals surface area (Å²) < 4.78 is 0. The van der Waals surface area contributed by atoms with Gasteiger partial charge in [-0.3, -0.25) is 15.1 Å². The minimum absolute atomic E-state index is 0.00556. The molecule has 1 aliphatic heterocycles. The molecule has 0 aliphatic carbocycles. The molecule has 1 aromatic heterocycles. The molecule has 7 heteroatoms. The third-order valence-electron chi connectivity index (χ3n) is 4.74. The van der Waals surface area contributed by atoms with Crippen LogP contribution in [0.15, 0.2) is 60.8 Å². The van der Waals surface area contributed by atoms with Gasteiger partial charge in [-0.2, -0.15) is 0 Å². The highest BCUT2D eigenvalue weighted by atomic mass is 16.7. The van der Waals surface area contributed by atoms with Crippen LogP contribution < -0.4 is 5.06 Å². The van der Waals surface area contributed by atoms with Crippen molar-refractivity contribution in [3.63, 3.8) is 0 Å². The Balaban J connectivity index is 0.000000200. The Bertz CT molecular complexity index is 984. The first-order valence-electron chi connectivity index (χ1n) is 9.39. The minimum Gasteiger partial charge on any atom is -0.341 e. The molecule has 0 spiro atoms. The number of rotatable bonds is 3. The van der Waals surface area contributed by atoms with Crippen molar-refractivity contribution in [3.8, 4) is 0 Å². The second-order valence-corrected chi connectivity index (χ2v) is 7.39. The molecule has 0 saturated heterocycles. The Morgan fingerprint density at radius 1 is 1.21 bits per heavy atom. The number of carbonyl (C=O) groups is 1. The zero-order valence-corrected chi connectivity index (χ0v) is 16.7. The van der Waals surface area contributed by atoms with E-state index in [9.17, 15) is 14.9 Å². The molecule has 0 unspecified atom stereocenters. The molecule has 2 aromatic carbocycles. The van der Waals surface area contributed by atoms with Gasteiger partial charge >= 0.3 is 5.97 Å². The van der Waals surface area contributed by atoms with Gasteiger partial charge in [0, 0.05) is 35.6 Å². The Labute approximate surface area is 169 Å². The van der Waals surface area contributed by atoms with Crippen LogP contribution in [0.1, 0.15) is 32.8 Å². The zero-order chi connectivity index (χ0) is 21.0. The van der Waals surface area contributed by atoms with Crippen LogP contribution in [-0.2, 0) is 15.0 Å². The van der Waals surface area contributed by atoms with E-state index in [0.717, 1.165) is 11.1 Å². The lowest BCUT2D eigenvalue weighted by Gasteiger charge is -2.20. The van der Waals surface area contributed by atoms with Crippen molar-refractivity contribution < 1.29 is 14.6 Å². The van der Waals surface area contributed by atoms with Gasteiger partial charge in [0.25, 0.3) is 5.69 Å². The molecule has 4 rings (SSSR count). The van der Waals surface area contributed by atoms with Gasteiger partial charge < -0.3 is 4.84 Å². The van der Waals surface area contributed by atoms with Crippen molar-refractivity contribution in [3.05, 3.63) is 76.5 Å². The fourth-order valence-corrected chi connectivity index (χ4v) is 3.23. The SMILES string of the molecule is CCC(=O)ON1CC(C)(C)c2ccc([N+](=O)[O-])cc21.c1ccc2ncccc2c1. The molecule has 2 heterocycles. The molecular formula is C22H23N3O4. The van der Waals surface area contributed by atoms with Crippen molar-refractivity contribution in [2.45, 2.75) is 32.6 Å². The predicted molar refractivity (Wildman–Crippen MR) is 112 cm³/mol. The molecule has 0 amide bonds. The molecule has 150 valence electrons. The number of aromatic nitrogens is 1. The molecule has 3 aromatic rings. The van der Waals surface area contributed by atoms with Crippen LogP contribution in [0, 0.1) is 10.1 Å². The van der Waals surface area contributed by atoms with Crippen LogP contribution in [0.2, 0.25) is 0 Å². The molecule has 0 radical (unpaired) electrons. The third-order valence-corrected chi connectivity index (χ3v) is 4.74. The van der Waals surface area contributed by atoms with Gasteiger partial charge in [-0.05, 0) is 23.8 Å². The Morgan fingerprint density at radius 2 is 1.93 bits per heavy atom. The van der Waals surface area contributed by atoms with Gasteiger partial charge in [0.15, 0.2) is 0 Å². The van der Waals surface area contributed by atoms with Crippen molar-refractivity contribution in [2.24, 2.45) is 0 Å². The molecule has 7 nitrogen and oxygen atoms in total. The maximum atomic E-state index is 11.4. The molecule has 0 N–H and O–H groups in total. The van der Waals surface area contributed by atoms with Gasteiger partial charge in [0.2, 0.25) is 0 Å². The molecule has 0 bridgehead atoms. The fourth-order valence-electron chi connectivity index (χ4n) is 3.23. The molecule has 29 heavy (non-hydrogen) atoms. The number of carbonyl (C=O) groups excluding carboxylic acids is 1. The van der Waals surface area contributed by atoms with Crippen LogP contribution in [0.25, 0.3) is 10.9 Å². The summed E-state index contributed by atoms with van der Waals surface area (Å²) in [7, 11) is 0. The highest BCUT2D eigenvalue weighted by molar-refractivity contribution is 5.77. The van der Waals surface area contributed by atoms with E-state index in [2.05, 4.69) is 17.1 Å². The number of nitrogens with zero attached hydrogens (tertiary/aromatic N) is 3. The van der Waals surface area contributed by atoms with Gasteiger partial charge in [-0.15, -0.1) is 0 Å². The summed E-state index contributed by atoms with van der Waals surface area (Å²) in [6.07, 6.45) is 2.07. The number of para-hydroxylation sites is 1. The number of anilines is 1. The summed E-state index contributed by atoms with van der Waals surface area (Å²) in [6.45, 7) is 6.22. The first-order valence-corrected chi connectivity index (χ1v) is 9.39. The van der Waals surface area contributed by atoms with E-state index in [0.29, 0.717) is 12.2 Å². The lowest BCUT2D eigenvalue weighted by Crippen LogP contribution is -2.30. The number of nitro groups is 1. The average molecular weight is 393 g/mol. The molecule has 0 fully saturated rings. The molecular weight excluding hydrogens is 370 g/mol. The van der Waals surface area contributed by atoms with Crippen molar-refractivity contribution in [1.29, 1.82) is 0 Å². The Morgan fingerprint density at radius 3 is 2.62 bits per heavy atom. The van der Waals surface area contributed by atoms with Crippen molar-refractivity contribution >= 4 is 28.2 Å². The first-order chi connectivity index (χ1) is 13.8. The largest absolute Gasteiger partial charge is 0.341 e. The summed E-state index contributed by atoms with van der Waals surface area (Å²) >= 11 is 0. The Hall–Kier alpha value is -3.48. The maximum absolute atomic E-state index is 11.4. The number of hydroxylamine groups is 1. The summed E-state index contributed by atoms with van der Waals surface area (Å²) in [5.41, 5.74) is 2.39. The van der Waals surface area contributed by atoms with E-state index in [1.54, 1.807) is 13.0 Å². The third kappa shape index (κ3) is 4.51. The van der Waals surface area contributed by atoms with Crippen molar-refractivity contribution in [1.82, 2.24) is 4.98 Å². The van der Waals surface area contributed by atoms with E-state index < -0.39 is 4.92 Å². The normalized spacial score (nSPS) is 14.0.